The van der Waals surface area contributed by atoms with Crippen LogP contribution in [0, 0.1) is 0 Å². The molecule has 7 nitrogen and oxygen atoms in total. The average Bonchev–Trinajstić information content (AvgIpc) is 3.27. The second-order valence-electron chi connectivity index (χ2n) is 6.61. The number of rotatable bonds is 6. The Balaban J connectivity index is 1.72. The number of carbonyl (C=O) groups is 2. The molecule has 1 amide bonds. The first-order chi connectivity index (χ1) is 11.6. The third-order valence-corrected chi connectivity index (χ3v) is 4.99. The predicted octanol–water partition coefficient (Wildman–Crippen LogP) is 2.09. The van der Waals surface area contributed by atoms with Crippen LogP contribution in [0.25, 0.3) is 0 Å². The fraction of sp³-hybridized carbons (Fsp3) is 0.706. The van der Waals surface area contributed by atoms with Crippen LogP contribution in [0.15, 0.2) is 12.3 Å². The molecule has 0 radical (unpaired) electrons. The van der Waals surface area contributed by atoms with Gasteiger partial charge in [-0.25, -0.2) is 0 Å². The molecule has 1 aromatic rings. The van der Waals surface area contributed by atoms with Gasteiger partial charge in [-0.15, -0.1) is 0 Å². The van der Waals surface area contributed by atoms with E-state index in [1.54, 1.807) is 11.0 Å². The molecule has 1 aliphatic carbocycles. The Hall–Kier alpha value is -1.89. The number of hydrogen-bond acceptors (Lipinski definition) is 4. The molecular weight excluding hydrogens is 310 g/mol. The Bertz CT molecular complexity index is 574. The van der Waals surface area contributed by atoms with E-state index < -0.39 is 5.97 Å². The normalized spacial score (nSPS) is 19.5. The third kappa shape index (κ3) is 3.95. The zero-order chi connectivity index (χ0) is 16.9. The molecule has 1 saturated heterocycles. The molecule has 0 spiro atoms. The van der Waals surface area contributed by atoms with Gasteiger partial charge in [0.1, 0.15) is 5.69 Å². The van der Waals surface area contributed by atoms with E-state index in [2.05, 4.69) is 5.10 Å². The van der Waals surface area contributed by atoms with Crippen LogP contribution in [-0.4, -0.2) is 57.5 Å². The predicted molar refractivity (Wildman–Crippen MR) is 86.9 cm³/mol. The molecule has 1 aromatic heterocycles. The van der Waals surface area contributed by atoms with Crippen LogP contribution >= 0.6 is 0 Å². The van der Waals surface area contributed by atoms with E-state index >= 15 is 0 Å². The summed E-state index contributed by atoms with van der Waals surface area (Å²) in [6.07, 6.45) is 7.95. The first-order valence-electron chi connectivity index (χ1n) is 8.81. The number of ether oxygens (including phenoxy) is 1. The number of nitrogens with zero attached hydrogens (tertiary/aromatic N) is 3. The number of aliphatic carboxylic acids is 1. The van der Waals surface area contributed by atoms with Gasteiger partial charge in [-0.3, -0.25) is 14.3 Å². The van der Waals surface area contributed by atoms with Gasteiger partial charge in [-0.2, -0.15) is 5.10 Å². The summed E-state index contributed by atoms with van der Waals surface area (Å²) >= 11 is 0. The summed E-state index contributed by atoms with van der Waals surface area (Å²) in [6, 6.07) is 2.18. The third-order valence-electron chi connectivity index (χ3n) is 4.99. The Labute approximate surface area is 141 Å². The van der Waals surface area contributed by atoms with Crippen molar-refractivity contribution in [1.82, 2.24) is 14.7 Å². The molecule has 0 bridgehead atoms. The Morgan fingerprint density at radius 1 is 1.25 bits per heavy atom. The SMILES string of the molecule is O=C(O)CCN(C(=O)c1ccn(C2CCCC2)n1)C1CCOCC1. The lowest BCUT2D eigenvalue weighted by Crippen LogP contribution is -2.44. The lowest BCUT2D eigenvalue weighted by atomic mass is 10.1. The molecule has 1 saturated carbocycles. The van der Waals surface area contributed by atoms with Crippen LogP contribution in [0.4, 0.5) is 0 Å². The molecule has 24 heavy (non-hydrogen) atoms. The fourth-order valence-corrected chi connectivity index (χ4v) is 3.63. The van der Waals surface area contributed by atoms with Gasteiger partial charge in [0.05, 0.1) is 12.5 Å². The van der Waals surface area contributed by atoms with Crippen LogP contribution in [0.2, 0.25) is 0 Å². The Kier molecular flexibility index (Phi) is 5.50. The van der Waals surface area contributed by atoms with Crippen molar-refractivity contribution in [1.29, 1.82) is 0 Å². The highest BCUT2D eigenvalue weighted by Gasteiger charge is 2.29. The minimum Gasteiger partial charge on any atom is -0.481 e. The lowest BCUT2D eigenvalue weighted by molar-refractivity contribution is -0.137. The van der Waals surface area contributed by atoms with Crippen molar-refractivity contribution in [2.75, 3.05) is 19.8 Å². The van der Waals surface area contributed by atoms with Gasteiger partial charge in [0.2, 0.25) is 0 Å². The van der Waals surface area contributed by atoms with Crippen LogP contribution in [0.1, 0.15) is 61.5 Å². The Morgan fingerprint density at radius 3 is 2.62 bits per heavy atom. The van der Waals surface area contributed by atoms with E-state index in [0.717, 1.165) is 25.7 Å². The smallest absolute Gasteiger partial charge is 0.305 e. The largest absolute Gasteiger partial charge is 0.481 e. The zero-order valence-corrected chi connectivity index (χ0v) is 13.9. The molecule has 3 rings (SSSR count). The average molecular weight is 335 g/mol. The van der Waals surface area contributed by atoms with E-state index in [1.807, 2.05) is 10.9 Å². The molecule has 1 aliphatic heterocycles. The monoisotopic (exact) mass is 335 g/mol. The summed E-state index contributed by atoms with van der Waals surface area (Å²) < 4.78 is 7.26. The van der Waals surface area contributed by atoms with Crippen LogP contribution in [0.5, 0.6) is 0 Å². The first-order valence-corrected chi connectivity index (χ1v) is 8.81. The van der Waals surface area contributed by atoms with Gasteiger partial charge in [0.15, 0.2) is 0 Å². The fourth-order valence-electron chi connectivity index (χ4n) is 3.63. The van der Waals surface area contributed by atoms with Crippen molar-refractivity contribution in [3.63, 3.8) is 0 Å². The van der Waals surface area contributed by atoms with Crippen LogP contribution in [0.3, 0.4) is 0 Å². The number of hydrogen-bond donors (Lipinski definition) is 1. The second-order valence-corrected chi connectivity index (χ2v) is 6.61. The van der Waals surface area contributed by atoms with E-state index in [0.29, 0.717) is 24.9 Å². The number of carboxylic acids is 1. The minimum atomic E-state index is -0.892. The van der Waals surface area contributed by atoms with Crippen LogP contribution < -0.4 is 0 Å². The van der Waals surface area contributed by atoms with Crippen LogP contribution in [-0.2, 0) is 9.53 Å². The van der Waals surface area contributed by atoms with Gasteiger partial charge < -0.3 is 14.7 Å². The zero-order valence-electron chi connectivity index (χ0n) is 13.9. The standard InChI is InChI=1S/C17H25N3O4/c21-16(22)6-9-19(13-7-11-24-12-8-13)17(23)15-5-10-20(18-15)14-3-1-2-4-14/h5,10,13-14H,1-4,6-9,11-12H2,(H,21,22). The van der Waals surface area contributed by atoms with Gasteiger partial charge in [0, 0.05) is 32.0 Å². The van der Waals surface area contributed by atoms with Gasteiger partial charge in [-0.05, 0) is 31.7 Å². The lowest BCUT2D eigenvalue weighted by Gasteiger charge is -2.33. The molecule has 1 N–H and O–H groups in total. The summed E-state index contributed by atoms with van der Waals surface area (Å²) in [6.45, 7) is 1.44. The minimum absolute atomic E-state index is 0.0298. The first kappa shape index (κ1) is 17.0. The number of amides is 1. The molecule has 0 unspecified atom stereocenters. The van der Waals surface area contributed by atoms with Crippen molar-refractivity contribution < 1.29 is 19.4 Å². The quantitative estimate of drug-likeness (QED) is 0.860. The number of aromatic nitrogens is 2. The van der Waals surface area contributed by atoms with Crippen molar-refractivity contribution in [3.05, 3.63) is 18.0 Å². The molecule has 2 aliphatic rings. The number of carboxylic acid groups (broad SMARTS) is 1. The summed E-state index contributed by atoms with van der Waals surface area (Å²) in [4.78, 5) is 25.5. The molecule has 7 heteroatoms. The molecule has 132 valence electrons. The van der Waals surface area contributed by atoms with E-state index in [-0.39, 0.29) is 24.9 Å². The molecule has 2 heterocycles. The summed E-state index contributed by atoms with van der Waals surface area (Å²) in [5, 5.41) is 13.5. The van der Waals surface area contributed by atoms with Gasteiger partial charge in [-0.1, -0.05) is 12.8 Å². The van der Waals surface area contributed by atoms with E-state index in [1.165, 1.54) is 12.8 Å². The molecule has 0 aromatic carbocycles. The molecule has 0 atom stereocenters. The van der Waals surface area contributed by atoms with Crippen molar-refractivity contribution in [2.45, 2.75) is 57.0 Å². The highest BCUT2D eigenvalue weighted by Crippen LogP contribution is 2.29. The topological polar surface area (TPSA) is 84.7 Å². The number of carbonyl (C=O) groups excluding carboxylic acids is 1. The van der Waals surface area contributed by atoms with Crippen molar-refractivity contribution >= 4 is 11.9 Å². The van der Waals surface area contributed by atoms with E-state index in [4.69, 9.17) is 9.84 Å². The summed E-state index contributed by atoms with van der Waals surface area (Å²) in [5.74, 6) is -1.06. The van der Waals surface area contributed by atoms with Gasteiger partial charge >= 0.3 is 5.97 Å². The highest BCUT2D eigenvalue weighted by atomic mass is 16.5. The maximum Gasteiger partial charge on any atom is 0.305 e. The van der Waals surface area contributed by atoms with E-state index in [9.17, 15) is 9.59 Å². The maximum atomic E-state index is 12.9. The van der Waals surface area contributed by atoms with Crippen molar-refractivity contribution in [2.24, 2.45) is 0 Å². The second kappa shape index (κ2) is 7.79. The summed E-state index contributed by atoms with van der Waals surface area (Å²) in [7, 11) is 0. The Morgan fingerprint density at radius 2 is 1.96 bits per heavy atom. The molecular formula is C17H25N3O4. The van der Waals surface area contributed by atoms with Gasteiger partial charge in [0.25, 0.3) is 5.91 Å². The molecule has 2 fully saturated rings. The van der Waals surface area contributed by atoms with Crippen molar-refractivity contribution in [3.8, 4) is 0 Å². The highest BCUT2D eigenvalue weighted by molar-refractivity contribution is 5.92. The maximum absolute atomic E-state index is 12.9. The summed E-state index contributed by atoms with van der Waals surface area (Å²) in [5.41, 5.74) is 0.416.